The topological polar surface area (TPSA) is 72.7 Å². The summed E-state index contributed by atoms with van der Waals surface area (Å²) in [5.41, 5.74) is 2.32. The monoisotopic (exact) mass is 435 g/mol. The lowest BCUT2D eigenvalue weighted by Gasteiger charge is -2.20. The first-order chi connectivity index (χ1) is 13.3. The Morgan fingerprint density at radius 2 is 1.89 bits per heavy atom. The largest absolute Gasteiger partial charge is 0.324 e. The van der Waals surface area contributed by atoms with Crippen LogP contribution in [0.5, 0.6) is 0 Å². The molecule has 28 heavy (non-hydrogen) atoms. The normalized spacial score (nSPS) is 11.5. The second-order valence-corrected chi connectivity index (χ2v) is 8.86. The molecule has 0 atom stereocenters. The standard InChI is InChI=1S/C19H19Cl2N5OS/c1-19(2,3)12-8-9-16(14(21)10-12)26-18(23-24-25-26)28-11-17(27)22-15-7-5-4-6-13(15)20/h4-10H,11H2,1-3H3,(H,22,27). The molecule has 6 nitrogen and oxygen atoms in total. The van der Waals surface area contributed by atoms with E-state index in [2.05, 4.69) is 41.6 Å². The van der Waals surface area contributed by atoms with Crippen LogP contribution in [0.2, 0.25) is 10.0 Å². The maximum atomic E-state index is 12.2. The van der Waals surface area contributed by atoms with Gasteiger partial charge in [0.05, 0.1) is 27.2 Å². The summed E-state index contributed by atoms with van der Waals surface area (Å²) in [5, 5.41) is 16.0. The zero-order chi connectivity index (χ0) is 20.3. The number of aromatic nitrogens is 4. The lowest BCUT2D eigenvalue weighted by Crippen LogP contribution is -2.15. The first-order valence-electron chi connectivity index (χ1n) is 8.51. The highest BCUT2D eigenvalue weighted by Crippen LogP contribution is 2.30. The van der Waals surface area contributed by atoms with E-state index in [4.69, 9.17) is 23.2 Å². The zero-order valence-corrected chi connectivity index (χ0v) is 17.9. The highest BCUT2D eigenvalue weighted by molar-refractivity contribution is 7.99. The van der Waals surface area contributed by atoms with Crippen molar-refractivity contribution < 1.29 is 4.79 Å². The van der Waals surface area contributed by atoms with E-state index in [1.165, 1.54) is 16.4 Å². The van der Waals surface area contributed by atoms with Crippen LogP contribution < -0.4 is 5.32 Å². The van der Waals surface area contributed by atoms with Crippen LogP contribution in [0.1, 0.15) is 26.3 Å². The van der Waals surface area contributed by atoms with Crippen molar-refractivity contribution in [1.82, 2.24) is 20.2 Å². The number of carbonyl (C=O) groups excluding carboxylic acids is 1. The Labute approximate surface area is 177 Å². The van der Waals surface area contributed by atoms with E-state index < -0.39 is 0 Å². The van der Waals surface area contributed by atoms with Gasteiger partial charge in [0, 0.05) is 0 Å². The van der Waals surface area contributed by atoms with E-state index in [9.17, 15) is 4.79 Å². The zero-order valence-electron chi connectivity index (χ0n) is 15.6. The Morgan fingerprint density at radius 3 is 2.57 bits per heavy atom. The van der Waals surface area contributed by atoms with Crippen molar-refractivity contribution in [1.29, 1.82) is 0 Å². The SMILES string of the molecule is CC(C)(C)c1ccc(-n2nnnc2SCC(=O)Nc2ccccc2Cl)c(Cl)c1. The highest BCUT2D eigenvalue weighted by Gasteiger charge is 2.18. The fourth-order valence-electron chi connectivity index (χ4n) is 2.44. The van der Waals surface area contributed by atoms with E-state index in [0.717, 1.165) is 5.56 Å². The van der Waals surface area contributed by atoms with E-state index in [-0.39, 0.29) is 17.1 Å². The molecular weight excluding hydrogens is 417 g/mol. The van der Waals surface area contributed by atoms with Gasteiger partial charge in [-0.2, -0.15) is 4.68 Å². The second kappa shape index (κ2) is 8.51. The van der Waals surface area contributed by atoms with Crippen LogP contribution in [-0.2, 0) is 10.2 Å². The molecule has 9 heteroatoms. The Morgan fingerprint density at radius 1 is 1.14 bits per heavy atom. The van der Waals surface area contributed by atoms with Crippen LogP contribution in [-0.4, -0.2) is 31.9 Å². The third kappa shape index (κ3) is 4.84. The lowest BCUT2D eigenvalue weighted by molar-refractivity contribution is -0.113. The van der Waals surface area contributed by atoms with Crippen molar-refractivity contribution >= 4 is 46.6 Å². The average molecular weight is 436 g/mol. The Hall–Kier alpha value is -2.09. The molecule has 146 valence electrons. The minimum atomic E-state index is -0.207. The number of tetrazole rings is 1. The molecule has 0 aliphatic carbocycles. The number of hydrogen-bond acceptors (Lipinski definition) is 5. The Balaban J connectivity index is 1.72. The molecule has 1 aromatic heterocycles. The number of anilines is 1. The fraction of sp³-hybridized carbons (Fsp3) is 0.263. The summed E-state index contributed by atoms with van der Waals surface area (Å²) in [5.74, 6) is -0.0784. The molecule has 0 bridgehead atoms. The summed E-state index contributed by atoms with van der Waals surface area (Å²) in [6.07, 6.45) is 0. The Bertz CT molecular complexity index is 1000. The van der Waals surface area contributed by atoms with Gasteiger partial charge in [-0.1, -0.05) is 73.9 Å². The van der Waals surface area contributed by atoms with Crippen LogP contribution in [0, 0.1) is 0 Å². The van der Waals surface area contributed by atoms with Gasteiger partial charge in [0.2, 0.25) is 11.1 Å². The minimum Gasteiger partial charge on any atom is -0.324 e. The number of nitrogens with one attached hydrogen (secondary N) is 1. The van der Waals surface area contributed by atoms with Crippen LogP contribution in [0.25, 0.3) is 5.69 Å². The van der Waals surface area contributed by atoms with Crippen molar-refractivity contribution in [2.45, 2.75) is 31.3 Å². The quantitative estimate of drug-likeness (QED) is 0.570. The molecule has 1 amide bonds. The maximum Gasteiger partial charge on any atom is 0.234 e. The first-order valence-corrected chi connectivity index (χ1v) is 10.3. The van der Waals surface area contributed by atoms with E-state index in [0.29, 0.717) is 26.6 Å². The van der Waals surface area contributed by atoms with Crippen molar-refractivity contribution in [2.75, 3.05) is 11.1 Å². The van der Waals surface area contributed by atoms with Gasteiger partial charge >= 0.3 is 0 Å². The van der Waals surface area contributed by atoms with Gasteiger partial charge in [0.25, 0.3) is 0 Å². The number of rotatable bonds is 5. The summed E-state index contributed by atoms with van der Waals surface area (Å²) < 4.78 is 1.53. The smallest absolute Gasteiger partial charge is 0.234 e. The molecular formula is C19H19Cl2N5OS. The molecule has 3 aromatic rings. The van der Waals surface area contributed by atoms with Gasteiger partial charge in [-0.15, -0.1) is 5.10 Å². The molecule has 1 N–H and O–H groups in total. The highest BCUT2D eigenvalue weighted by atomic mass is 35.5. The van der Waals surface area contributed by atoms with Gasteiger partial charge in [-0.3, -0.25) is 4.79 Å². The van der Waals surface area contributed by atoms with Gasteiger partial charge in [-0.05, 0) is 45.7 Å². The molecule has 0 radical (unpaired) electrons. The molecule has 0 aliphatic heterocycles. The second-order valence-electron chi connectivity index (χ2n) is 7.11. The number of para-hydroxylation sites is 1. The number of halogens is 2. The van der Waals surface area contributed by atoms with Gasteiger partial charge in [0.15, 0.2) is 0 Å². The van der Waals surface area contributed by atoms with Gasteiger partial charge < -0.3 is 5.32 Å². The summed E-state index contributed by atoms with van der Waals surface area (Å²) >= 11 is 13.7. The molecule has 3 rings (SSSR count). The first kappa shape index (κ1) is 20.6. The van der Waals surface area contributed by atoms with Crippen molar-refractivity contribution in [3.63, 3.8) is 0 Å². The van der Waals surface area contributed by atoms with Crippen molar-refractivity contribution in [3.8, 4) is 5.69 Å². The van der Waals surface area contributed by atoms with E-state index in [1.54, 1.807) is 24.3 Å². The van der Waals surface area contributed by atoms with Gasteiger partial charge in [0.1, 0.15) is 0 Å². The number of amides is 1. The average Bonchev–Trinajstić information content (AvgIpc) is 3.09. The number of thioether (sulfide) groups is 1. The van der Waals surface area contributed by atoms with E-state index in [1.807, 2.05) is 18.2 Å². The van der Waals surface area contributed by atoms with Crippen LogP contribution in [0.3, 0.4) is 0 Å². The third-order valence-electron chi connectivity index (χ3n) is 3.96. The van der Waals surface area contributed by atoms with Crippen molar-refractivity contribution in [3.05, 3.63) is 58.1 Å². The molecule has 0 saturated carbocycles. The lowest BCUT2D eigenvalue weighted by atomic mass is 9.87. The maximum absolute atomic E-state index is 12.2. The molecule has 0 saturated heterocycles. The van der Waals surface area contributed by atoms with Gasteiger partial charge in [-0.25, -0.2) is 0 Å². The number of hydrogen-bond donors (Lipinski definition) is 1. The number of benzene rings is 2. The number of nitrogens with zero attached hydrogens (tertiary/aromatic N) is 4. The molecule has 1 heterocycles. The minimum absolute atomic E-state index is 0.0167. The molecule has 2 aromatic carbocycles. The van der Waals surface area contributed by atoms with Crippen LogP contribution >= 0.6 is 35.0 Å². The van der Waals surface area contributed by atoms with Crippen LogP contribution in [0.15, 0.2) is 47.6 Å². The van der Waals surface area contributed by atoms with E-state index >= 15 is 0 Å². The molecule has 0 fully saturated rings. The molecule has 0 aliphatic rings. The summed E-state index contributed by atoms with van der Waals surface area (Å²) in [6.45, 7) is 6.36. The Kier molecular flexibility index (Phi) is 6.27. The predicted octanol–water partition coefficient (Wildman–Crippen LogP) is 5.00. The fourth-order valence-corrected chi connectivity index (χ4v) is 3.57. The number of carbonyl (C=O) groups is 1. The van der Waals surface area contributed by atoms with Crippen molar-refractivity contribution in [2.24, 2.45) is 0 Å². The summed E-state index contributed by atoms with van der Waals surface area (Å²) in [7, 11) is 0. The summed E-state index contributed by atoms with van der Waals surface area (Å²) in [4.78, 5) is 12.2. The molecule has 0 spiro atoms. The summed E-state index contributed by atoms with van der Waals surface area (Å²) in [6, 6.07) is 12.9. The molecule has 0 unspecified atom stereocenters. The van der Waals surface area contributed by atoms with Crippen LogP contribution in [0.4, 0.5) is 5.69 Å². The predicted molar refractivity (Wildman–Crippen MR) is 114 cm³/mol. The third-order valence-corrected chi connectivity index (χ3v) is 5.51.